The van der Waals surface area contributed by atoms with Crippen molar-refractivity contribution in [3.63, 3.8) is 0 Å². The number of nitrogens with zero attached hydrogens (tertiary/aromatic N) is 2. The van der Waals surface area contributed by atoms with Gasteiger partial charge in [-0.2, -0.15) is 0 Å². The summed E-state index contributed by atoms with van der Waals surface area (Å²) in [6.45, 7) is 9.14. The number of halogens is 1. The first kappa shape index (κ1) is 14.9. The van der Waals surface area contributed by atoms with Crippen molar-refractivity contribution in [3.05, 3.63) is 46.7 Å². The third kappa shape index (κ3) is 4.29. The van der Waals surface area contributed by atoms with Crippen molar-refractivity contribution >= 4 is 11.6 Å². The Balaban J connectivity index is 2.26. The molecule has 20 heavy (non-hydrogen) atoms. The summed E-state index contributed by atoms with van der Waals surface area (Å²) in [6.07, 6.45) is 0. The molecule has 2 rings (SSSR count). The molecule has 106 valence electrons. The molecule has 0 saturated carbocycles. The molecule has 0 spiro atoms. The zero-order valence-corrected chi connectivity index (χ0v) is 13.1. The lowest BCUT2D eigenvalue weighted by atomic mass is 10.1. The Hall–Kier alpha value is -1.45. The number of rotatable bonds is 3. The summed E-state index contributed by atoms with van der Waals surface area (Å²) in [7, 11) is 0. The minimum absolute atomic E-state index is 0.0687. The van der Waals surface area contributed by atoms with E-state index < -0.39 is 0 Å². The summed E-state index contributed by atoms with van der Waals surface area (Å²) in [5.74, 6) is 0.743. The van der Waals surface area contributed by atoms with E-state index in [4.69, 9.17) is 11.6 Å². The van der Waals surface area contributed by atoms with Crippen LogP contribution in [0.15, 0.2) is 30.3 Å². The monoisotopic (exact) mass is 289 g/mol. The molecule has 4 heteroatoms. The maximum absolute atomic E-state index is 5.91. The summed E-state index contributed by atoms with van der Waals surface area (Å²) in [5, 5.41) is 4.16. The summed E-state index contributed by atoms with van der Waals surface area (Å²) in [6, 6.07) is 9.61. The fourth-order valence-electron chi connectivity index (χ4n) is 1.81. The van der Waals surface area contributed by atoms with Crippen LogP contribution in [0.3, 0.4) is 0 Å². The summed E-state index contributed by atoms with van der Waals surface area (Å²) in [5.41, 5.74) is 3.02. The molecule has 2 aromatic rings. The van der Waals surface area contributed by atoms with Gasteiger partial charge in [0.1, 0.15) is 0 Å². The number of hydrogen-bond donors (Lipinski definition) is 1. The molecule has 0 amide bonds. The third-order valence-corrected chi connectivity index (χ3v) is 3.06. The van der Waals surface area contributed by atoms with Gasteiger partial charge in [0.05, 0.1) is 5.69 Å². The molecule has 1 aromatic carbocycles. The normalized spacial score (nSPS) is 11.7. The molecule has 3 nitrogen and oxygen atoms in total. The van der Waals surface area contributed by atoms with E-state index >= 15 is 0 Å². The Labute approximate surface area is 125 Å². The SMILES string of the molecule is Cc1cc(CNC(C)(C)C)nc(-c2ccc(Cl)cc2)n1. The second-order valence-corrected chi connectivity index (χ2v) is 6.37. The van der Waals surface area contributed by atoms with Crippen molar-refractivity contribution in [1.29, 1.82) is 0 Å². The number of nitrogens with one attached hydrogen (secondary N) is 1. The molecule has 1 aromatic heterocycles. The smallest absolute Gasteiger partial charge is 0.159 e. The largest absolute Gasteiger partial charge is 0.306 e. The van der Waals surface area contributed by atoms with Gasteiger partial charge in [0.2, 0.25) is 0 Å². The second-order valence-electron chi connectivity index (χ2n) is 5.93. The van der Waals surface area contributed by atoms with Crippen molar-refractivity contribution in [3.8, 4) is 11.4 Å². The van der Waals surface area contributed by atoms with Gasteiger partial charge in [-0.1, -0.05) is 11.6 Å². The van der Waals surface area contributed by atoms with E-state index in [0.29, 0.717) is 0 Å². The van der Waals surface area contributed by atoms with Crippen LogP contribution in [-0.2, 0) is 6.54 Å². The molecule has 0 saturated heterocycles. The molecule has 0 aliphatic rings. The van der Waals surface area contributed by atoms with Crippen LogP contribution in [0.25, 0.3) is 11.4 Å². The molecule has 0 unspecified atom stereocenters. The first-order valence-corrected chi connectivity index (χ1v) is 7.07. The van der Waals surface area contributed by atoms with Crippen LogP contribution in [0.2, 0.25) is 5.02 Å². The van der Waals surface area contributed by atoms with Crippen molar-refractivity contribution in [2.45, 2.75) is 39.8 Å². The van der Waals surface area contributed by atoms with E-state index in [-0.39, 0.29) is 5.54 Å². The third-order valence-electron chi connectivity index (χ3n) is 2.81. The highest BCUT2D eigenvalue weighted by atomic mass is 35.5. The molecule has 0 aliphatic heterocycles. The van der Waals surface area contributed by atoms with Crippen molar-refractivity contribution in [2.75, 3.05) is 0 Å². The molecule has 0 atom stereocenters. The van der Waals surface area contributed by atoms with Crippen LogP contribution < -0.4 is 5.32 Å². The van der Waals surface area contributed by atoms with Crippen LogP contribution in [0.4, 0.5) is 0 Å². The molecule has 0 bridgehead atoms. The minimum Gasteiger partial charge on any atom is -0.306 e. The minimum atomic E-state index is 0.0687. The van der Waals surface area contributed by atoms with Gasteiger partial charge in [0.25, 0.3) is 0 Å². The molecule has 0 aliphatic carbocycles. The summed E-state index contributed by atoms with van der Waals surface area (Å²) >= 11 is 5.91. The zero-order chi connectivity index (χ0) is 14.8. The Kier molecular flexibility index (Phi) is 4.41. The number of benzene rings is 1. The van der Waals surface area contributed by atoms with Crippen molar-refractivity contribution < 1.29 is 0 Å². The summed E-state index contributed by atoms with van der Waals surface area (Å²) < 4.78 is 0. The zero-order valence-electron chi connectivity index (χ0n) is 12.4. The van der Waals surface area contributed by atoms with Crippen molar-refractivity contribution in [1.82, 2.24) is 15.3 Å². The Morgan fingerprint density at radius 3 is 2.35 bits per heavy atom. The predicted octanol–water partition coefficient (Wildman–Crippen LogP) is 3.99. The van der Waals surface area contributed by atoms with Crippen LogP contribution in [0.1, 0.15) is 32.2 Å². The van der Waals surface area contributed by atoms with E-state index in [1.165, 1.54) is 0 Å². The van der Waals surface area contributed by atoms with Gasteiger partial charge in [-0.05, 0) is 58.0 Å². The van der Waals surface area contributed by atoms with Gasteiger partial charge in [-0.3, -0.25) is 0 Å². The second kappa shape index (κ2) is 5.90. The maximum atomic E-state index is 5.91. The Bertz CT molecular complexity index is 586. The quantitative estimate of drug-likeness (QED) is 0.928. The average molecular weight is 290 g/mol. The molecule has 0 radical (unpaired) electrons. The van der Waals surface area contributed by atoms with Crippen LogP contribution >= 0.6 is 11.6 Å². The van der Waals surface area contributed by atoms with Gasteiger partial charge in [0.15, 0.2) is 5.82 Å². The lowest BCUT2D eigenvalue weighted by Crippen LogP contribution is -2.35. The summed E-state index contributed by atoms with van der Waals surface area (Å²) in [4.78, 5) is 9.12. The van der Waals surface area contributed by atoms with Gasteiger partial charge < -0.3 is 5.32 Å². The van der Waals surface area contributed by atoms with Gasteiger partial charge in [-0.15, -0.1) is 0 Å². The van der Waals surface area contributed by atoms with E-state index in [2.05, 4.69) is 36.1 Å². The highest BCUT2D eigenvalue weighted by Gasteiger charge is 2.10. The Morgan fingerprint density at radius 1 is 1.10 bits per heavy atom. The molecular weight excluding hydrogens is 270 g/mol. The van der Waals surface area contributed by atoms with E-state index in [0.717, 1.165) is 34.3 Å². The molecule has 1 heterocycles. The highest BCUT2D eigenvalue weighted by Crippen LogP contribution is 2.19. The van der Waals surface area contributed by atoms with Crippen molar-refractivity contribution in [2.24, 2.45) is 0 Å². The van der Waals surface area contributed by atoms with Crippen LogP contribution in [0.5, 0.6) is 0 Å². The standard InChI is InChI=1S/C16H20ClN3/c1-11-9-14(10-18-16(2,3)4)20-15(19-11)12-5-7-13(17)8-6-12/h5-9,18H,10H2,1-4H3. The topological polar surface area (TPSA) is 37.8 Å². The van der Waals surface area contributed by atoms with E-state index in [1.807, 2.05) is 37.3 Å². The predicted molar refractivity (Wildman–Crippen MR) is 83.8 cm³/mol. The number of hydrogen-bond acceptors (Lipinski definition) is 3. The van der Waals surface area contributed by atoms with E-state index in [1.54, 1.807) is 0 Å². The average Bonchev–Trinajstić information content (AvgIpc) is 2.36. The molecule has 0 fully saturated rings. The highest BCUT2D eigenvalue weighted by molar-refractivity contribution is 6.30. The molecule has 1 N–H and O–H groups in total. The van der Waals surface area contributed by atoms with Gasteiger partial charge >= 0.3 is 0 Å². The molecular formula is C16H20ClN3. The van der Waals surface area contributed by atoms with Crippen LogP contribution in [0, 0.1) is 6.92 Å². The first-order chi connectivity index (χ1) is 9.33. The van der Waals surface area contributed by atoms with Crippen LogP contribution in [-0.4, -0.2) is 15.5 Å². The fraction of sp³-hybridized carbons (Fsp3) is 0.375. The van der Waals surface area contributed by atoms with E-state index in [9.17, 15) is 0 Å². The maximum Gasteiger partial charge on any atom is 0.159 e. The van der Waals surface area contributed by atoms with Gasteiger partial charge in [-0.25, -0.2) is 9.97 Å². The lowest BCUT2D eigenvalue weighted by Gasteiger charge is -2.20. The lowest BCUT2D eigenvalue weighted by molar-refractivity contribution is 0.421. The number of aromatic nitrogens is 2. The first-order valence-electron chi connectivity index (χ1n) is 6.69. The Morgan fingerprint density at radius 2 is 1.75 bits per heavy atom. The van der Waals surface area contributed by atoms with Gasteiger partial charge in [0, 0.05) is 28.4 Å². The number of aryl methyl sites for hydroxylation is 1. The fourth-order valence-corrected chi connectivity index (χ4v) is 1.93.